The van der Waals surface area contributed by atoms with Crippen molar-refractivity contribution in [1.82, 2.24) is 4.72 Å². The van der Waals surface area contributed by atoms with E-state index in [1.165, 1.54) is 0 Å². The maximum Gasteiger partial charge on any atom is 0.242 e. The van der Waals surface area contributed by atoms with Gasteiger partial charge in [0, 0.05) is 5.69 Å². The molecule has 0 aliphatic carbocycles. The quantitative estimate of drug-likeness (QED) is 0.791. The van der Waals surface area contributed by atoms with E-state index in [9.17, 15) is 13.2 Å². The van der Waals surface area contributed by atoms with E-state index in [4.69, 9.17) is 0 Å². The number of aryl methyl sites for hydroxylation is 5. The SMILES string of the molecule is CCc1cccc(C)c1NC(=O)C(C)NS(=O)(=O)c1c(C)cc(C)cc1C. The molecule has 146 valence electrons. The number of carbonyl (C=O) groups excluding carboxylic acids is 1. The third-order valence-corrected chi connectivity index (χ3v) is 6.43. The summed E-state index contributed by atoms with van der Waals surface area (Å²) in [6.07, 6.45) is 0.777. The Kier molecular flexibility index (Phi) is 6.44. The van der Waals surface area contributed by atoms with Crippen LogP contribution in [0, 0.1) is 27.7 Å². The third-order valence-electron chi connectivity index (χ3n) is 4.59. The second-order valence-electron chi connectivity index (χ2n) is 7.02. The van der Waals surface area contributed by atoms with Crippen LogP contribution in [0.2, 0.25) is 0 Å². The van der Waals surface area contributed by atoms with Crippen molar-refractivity contribution in [2.45, 2.75) is 58.9 Å². The fourth-order valence-electron chi connectivity index (χ4n) is 3.37. The molecule has 2 aromatic rings. The number of hydrogen-bond acceptors (Lipinski definition) is 3. The molecule has 1 unspecified atom stereocenters. The summed E-state index contributed by atoms with van der Waals surface area (Å²) in [5.74, 6) is -0.384. The van der Waals surface area contributed by atoms with Gasteiger partial charge in [-0.05, 0) is 63.3 Å². The van der Waals surface area contributed by atoms with Crippen LogP contribution in [0.4, 0.5) is 5.69 Å². The van der Waals surface area contributed by atoms with Crippen molar-refractivity contribution < 1.29 is 13.2 Å². The minimum absolute atomic E-state index is 0.234. The molecule has 0 aliphatic rings. The van der Waals surface area contributed by atoms with E-state index in [0.717, 1.165) is 28.8 Å². The van der Waals surface area contributed by atoms with Gasteiger partial charge in [-0.25, -0.2) is 8.42 Å². The Morgan fingerprint density at radius 2 is 1.63 bits per heavy atom. The fourth-order valence-corrected chi connectivity index (χ4v) is 5.03. The zero-order chi connectivity index (χ0) is 20.4. The van der Waals surface area contributed by atoms with Gasteiger partial charge < -0.3 is 5.32 Å². The highest BCUT2D eigenvalue weighted by Gasteiger charge is 2.25. The van der Waals surface area contributed by atoms with E-state index in [2.05, 4.69) is 10.0 Å². The monoisotopic (exact) mass is 388 g/mol. The second kappa shape index (κ2) is 8.23. The molecule has 0 saturated heterocycles. The van der Waals surface area contributed by atoms with Gasteiger partial charge in [0.1, 0.15) is 0 Å². The van der Waals surface area contributed by atoms with Gasteiger partial charge in [0.25, 0.3) is 0 Å². The van der Waals surface area contributed by atoms with E-state index in [-0.39, 0.29) is 10.8 Å². The van der Waals surface area contributed by atoms with E-state index in [1.807, 2.05) is 51.1 Å². The minimum atomic E-state index is -3.81. The normalized spacial score (nSPS) is 12.7. The molecular weight excluding hydrogens is 360 g/mol. The molecule has 2 N–H and O–H groups in total. The van der Waals surface area contributed by atoms with Gasteiger partial charge in [-0.15, -0.1) is 0 Å². The van der Waals surface area contributed by atoms with Crippen LogP contribution in [0.15, 0.2) is 35.2 Å². The van der Waals surface area contributed by atoms with Crippen molar-refractivity contribution in [2.75, 3.05) is 5.32 Å². The van der Waals surface area contributed by atoms with Crippen LogP contribution in [0.25, 0.3) is 0 Å². The number of benzene rings is 2. The maximum atomic E-state index is 12.9. The lowest BCUT2D eigenvalue weighted by atomic mass is 10.1. The predicted octanol–water partition coefficient (Wildman–Crippen LogP) is 3.79. The number of carbonyl (C=O) groups is 1. The standard InChI is InChI=1S/C21H28N2O3S/c1-7-18-10-8-9-14(3)19(18)22-21(24)17(6)23-27(25,26)20-15(4)11-13(2)12-16(20)5/h8-12,17,23H,7H2,1-6H3,(H,22,24). The number of rotatable bonds is 6. The molecule has 0 fully saturated rings. The first-order valence-electron chi connectivity index (χ1n) is 9.06. The van der Waals surface area contributed by atoms with Crippen molar-refractivity contribution in [1.29, 1.82) is 0 Å². The molecule has 0 heterocycles. The smallest absolute Gasteiger partial charge is 0.242 e. The number of amides is 1. The van der Waals surface area contributed by atoms with Gasteiger partial charge >= 0.3 is 0 Å². The van der Waals surface area contributed by atoms with Gasteiger partial charge in [-0.3, -0.25) is 4.79 Å². The summed E-state index contributed by atoms with van der Waals surface area (Å²) in [6, 6.07) is 8.57. The minimum Gasteiger partial charge on any atom is -0.324 e. The highest BCUT2D eigenvalue weighted by Crippen LogP contribution is 2.23. The molecule has 0 radical (unpaired) electrons. The van der Waals surface area contributed by atoms with Crippen LogP contribution in [-0.2, 0) is 21.2 Å². The van der Waals surface area contributed by atoms with Gasteiger partial charge in [0.15, 0.2) is 0 Å². The zero-order valence-corrected chi connectivity index (χ0v) is 17.6. The topological polar surface area (TPSA) is 75.3 Å². The molecule has 0 aliphatic heterocycles. The summed E-state index contributed by atoms with van der Waals surface area (Å²) >= 11 is 0. The first-order valence-corrected chi connectivity index (χ1v) is 10.5. The Morgan fingerprint density at radius 1 is 1.04 bits per heavy atom. The predicted molar refractivity (Wildman–Crippen MR) is 110 cm³/mol. The van der Waals surface area contributed by atoms with Gasteiger partial charge in [0.05, 0.1) is 10.9 Å². The molecule has 5 nitrogen and oxygen atoms in total. The van der Waals surface area contributed by atoms with Crippen molar-refractivity contribution in [3.63, 3.8) is 0 Å². The number of para-hydroxylation sites is 1. The van der Waals surface area contributed by atoms with E-state index >= 15 is 0 Å². The molecule has 2 rings (SSSR count). The Bertz CT molecular complexity index is 942. The molecule has 2 aromatic carbocycles. The fraction of sp³-hybridized carbons (Fsp3) is 0.381. The summed E-state index contributed by atoms with van der Waals surface area (Å²) in [6.45, 7) is 10.9. The first kappa shape index (κ1) is 21.1. The molecule has 0 aromatic heterocycles. The number of hydrogen-bond donors (Lipinski definition) is 2. The van der Waals surface area contributed by atoms with Crippen LogP contribution in [0.5, 0.6) is 0 Å². The highest BCUT2D eigenvalue weighted by molar-refractivity contribution is 7.89. The Labute approximate surface area is 162 Å². The zero-order valence-electron chi connectivity index (χ0n) is 16.8. The molecule has 1 amide bonds. The Morgan fingerprint density at radius 3 is 2.19 bits per heavy atom. The largest absolute Gasteiger partial charge is 0.324 e. The van der Waals surface area contributed by atoms with E-state index < -0.39 is 16.1 Å². The Hall–Kier alpha value is -2.18. The number of anilines is 1. The lowest BCUT2D eigenvalue weighted by Crippen LogP contribution is -2.42. The van der Waals surface area contributed by atoms with Crippen LogP contribution >= 0.6 is 0 Å². The molecule has 6 heteroatoms. The summed E-state index contributed by atoms with van der Waals surface area (Å²) < 4.78 is 28.2. The van der Waals surface area contributed by atoms with Gasteiger partial charge in [-0.1, -0.05) is 42.8 Å². The van der Waals surface area contributed by atoms with Gasteiger partial charge in [0.2, 0.25) is 15.9 Å². The lowest BCUT2D eigenvalue weighted by Gasteiger charge is -2.19. The molecule has 0 bridgehead atoms. The van der Waals surface area contributed by atoms with E-state index in [0.29, 0.717) is 11.1 Å². The Balaban J connectivity index is 2.24. The number of sulfonamides is 1. The summed E-state index contributed by atoms with van der Waals surface area (Å²) in [5, 5.41) is 2.88. The van der Waals surface area contributed by atoms with Crippen LogP contribution < -0.4 is 10.0 Å². The van der Waals surface area contributed by atoms with Crippen molar-refractivity contribution in [3.05, 3.63) is 58.1 Å². The van der Waals surface area contributed by atoms with Crippen molar-refractivity contribution in [3.8, 4) is 0 Å². The van der Waals surface area contributed by atoms with Gasteiger partial charge in [-0.2, -0.15) is 4.72 Å². The molecule has 0 saturated carbocycles. The third kappa shape index (κ3) is 4.76. The van der Waals surface area contributed by atoms with E-state index in [1.54, 1.807) is 20.8 Å². The summed E-state index contributed by atoms with van der Waals surface area (Å²) in [5.41, 5.74) is 5.05. The average molecular weight is 389 g/mol. The highest BCUT2D eigenvalue weighted by atomic mass is 32.2. The summed E-state index contributed by atoms with van der Waals surface area (Å²) in [7, 11) is -3.81. The first-order chi connectivity index (χ1) is 12.6. The average Bonchev–Trinajstić information content (AvgIpc) is 2.54. The molecule has 1 atom stereocenters. The molecule has 0 spiro atoms. The van der Waals surface area contributed by atoms with Crippen molar-refractivity contribution >= 4 is 21.6 Å². The van der Waals surface area contributed by atoms with Crippen LogP contribution in [-0.4, -0.2) is 20.4 Å². The summed E-state index contributed by atoms with van der Waals surface area (Å²) in [4.78, 5) is 12.9. The van der Waals surface area contributed by atoms with Crippen LogP contribution in [0.1, 0.15) is 41.7 Å². The van der Waals surface area contributed by atoms with Crippen molar-refractivity contribution in [2.24, 2.45) is 0 Å². The maximum absolute atomic E-state index is 12.9. The lowest BCUT2D eigenvalue weighted by molar-refractivity contribution is -0.117. The van der Waals surface area contributed by atoms with Crippen LogP contribution in [0.3, 0.4) is 0 Å². The molecule has 27 heavy (non-hydrogen) atoms. The second-order valence-corrected chi connectivity index (χ2v) is 8.67. The number of nitrogens with one attached hydrogen (secondary N) is 2. The molecular formula is C21H28N2O3S.